The molecule has 0 unspecified atom stereocenters. The molecule has 0 bridgehead atoms. The second-order valence-electron chi connectivity index (χ2n) is 3.94. The van der Waals surface area contributed by atoms with Gasteiger partial charge in [0.1, 0.15) is 0 Å². The minimum atomic E-state index is 1.19. The summed E-state index contributed by atoms with van der Waals surface area (Å²) in [4.78, 5) is 0. The normalized spacial score (nSPS) is 9.94. The topological polar surface area (TPSA) is 12.0 Å². The molecule has 0 aliphatic heterocycles. The number of hydrogen-bond acceptors (Lipinski definition) is 1. The van der Waals surface area contributed by atoms with Crippen LogP contribution in [0.4, 0.5) is 5.69 Å². The molecule has 92 valence electrons. The van der Waals surface area contributed by atoms with Gasteiger partial charge in [0, 0.05) is 18.1 Å². The molecule has 0 radical (unpaired) electrons. The van der Waals surface area contributed by atoms with E-state index in [4.69, 9.17) is 0 Å². The van der Waals surface area contributed by atoms with E-state index in [1.807, 2.05) is 20.9 Å². The van der Waals surface area contributed by atoms with Crippen molar-refractivity contribution in [3.8, 4) is 0 Å². The first-order chi connectivity index (χ1) is 8.90. The highest BCUT2D eigenvalue weighted by atomic mass is 14.8. The zero-order chi connectivity index (χ0) is 13.0. The van der Waals surface area contributed by atoms with Gasteiger partial charge in [0.25, 0.3) is 0 Å². The molecule has 1 N–H and O–H groups in total. The van der Waals surface area contributed by atoms with E-state index in [1.165, 1.54) is 27.2 Å². The minimum Gasteiger partial charge on any atom is -0.388 e. The van der Waals surface area contributed by atoms with E-state index in [2.05, 4.69) is 59.9 Å². The molecule has 0 saturated carbocycles. The van der Waals surface area contributed by atoms with Crippen LogP contribution in [0, 0.1) is 0 Å². The monoisotopic (exact) mass is 237 g/mol. The first-order valence-corrected chi connectivity index (χ1v) is 6.48. The van der Waals surface area contributed by atoms with E-state index in [9.17, 15) is 0 Å². The van der Waals surface area contributed by atoms with E-state index in [0.717, 1.165) is 0 Å². The van der Waals surface area contributed by atoms with E-state index >= 15 is 0 Å². The van der Waals surface area contributed by atoms with Crippen molar-refractivity contribution in [1.82, 2.24) is 0 Å². The van der Waals surface area contributed by atoms with Crippen molar-refractivity contribution in [2.45, 2.75) is 13.8 Å². The van der Waals surface area contributed by atoms with Crippen LogP contribution in [-0.2, 0) is 0 Å². The SMILES string of the molecule is CC.CNc1cccc2ccc3ccccc3c12. The number of hydrogen-bond donors (Lipinski definition) is 1. The second-order valence-corrected chi connectivity index (χ2v) is 3.94. The van der Waals surface area contributed by atoms with E-state index in [0.29, 0.717) is 0 Å². The third kappa shape index (κ3) is 2.04. The number of anilines is 1. The van der Waals surface area contributed by atoms with Crippen LogP contribution in [0.5, 0.6) is 0 Å². The van der Waals surface area contributed by atoms with Crippen molar-refractivity contribution in [1.29, 1.82) is 0 Å². The quantitative estimate of drug-likeness (QED) is 0.583. The number of benzene rings is 3. The summed E-state index contributed by atoms with van der Waals surface area (Å²) in [5, 5.41) is 8.45. The molecule has 3 aromatic rings. The zero-order valence-electron chi connectivity index (χ0n) is 11.2. The molecule has 18 heavy (non-hydrogen) atoms. The van der Waals surface area contributed by atoms with Gasteiger partial charge in [-0.25, -0.2) is 0 Å². The highest BCUT2D eigenvalue weighted by Crippen LogP contribution is 2.30. The molecule has 0 fully saturated rings. The summed E-state index contributed by atoms with van der Waals surface area (Å²) in [6, 6.07) is 19.2. The lowest BCUT2D eigenvalue weighted by molar-refractivity contribution is 1.50. The van der Waals surface area contributed by atoms with Gasteiger partial charge >= 0.3 is 0 Å². The van der Waals surface area contributed by atoms with Gasteiger partial charge in [-0.1, -0.05) is 62.4 Å². The molecule has 0 aromatic heterocycles. The Balaban J connectivity index is 0.000000574. The molecule has 1 heteroatoms. The van der Waals surface area contributed by atoms with Gasteiger partial charge in [0.05, 0.1) is 0 Å². The lowest BCUT2D eigenvalue weighted by Crippen LogP contribution is -1.89. The van der Waals surface area contributed by atoms with Gasteiger partial charge in [-0.3, -0.25) is 0 Å². The summed E-state index contributed by atoms with van der Waals surface area (Å²) >= 11 is 0. The van der Waals surface area contributed by atoms with Crippen molar-refractivity contribution in [3.05, 3.63) is 54.6 Å². The van der Waals surface area contributed by atoms with Gasteiger partial charge < -0.3 is 5.32 Å². The molecule has 0 aliphatic carbocycles. The van der Waals surface area contributed by atoms with Crippen LogP contribution in [0.15, 0.2) is 54.6 Å². The van der Waals surface area contributed by atoms with Crippen molar-refractivity contribution in [3.63, 3.8) is 0 Å². The van der Waals surface area contributed by atoms with Gasteiger partial charge in [-0.15, -0.1) is 0 Å². The maximum absolute atomic E-state index is 3.26. The van der Waals surface area contributed by atoms with Crippen molar-refractivity contribution in [2.24, 2.45) is 0 Å². The van der Waals surface area contributed by atoms with Crippen molar-refractivity contribution < 1.29 is 0 Å². The Labute approximate surface area is 108 Å². The molecule has 0 saturated heterocycles. The van der Waals surface area contributed by atoms with Gasteiger partial charge in [0.15, 0.2) is 0 Å². The largest absolute Gasteiger partial charge is 0.388 e. The predicted octanol–water partition coefficient (Wildman–Crippen LogP) is 5.06. The number of fused-ring (bicyclic) bond motifs is 3. The lowest BCUT2D eigenvalue weighted by atomic mass is 10.0. The fourth-order valence-corrected chi connectivity index (χ4v) is 2.27. The van der Waals surface area contributed by atoms with Crippen LogP contribution < -0.4 is 5.32 Å². The Morgan fingerprint density at radius 1 is 0.722 bits per heavy atom. The summed E-state index contributed by atoms with van der Waals surface area (Å²) in [6.07, 6.45) is 0. The van der Waals surface area contributed by atoms with Crippen LogP contribution in [-0.4, -0.2) is 7.05 Å². The third-order valence-electron chi connectivity index (χ3n) is 3.04. The molecule has 0 spiro atoms. The lowest BCUT2D eigenvalue weighted by Gasteiger charge is -2.09. The smallest absolute Gasteiger partial charge is 0.0423 e. The third-order valence-corrected chi connectivity index (χ3v) is 3.04. The Bertz CT molecular complexity index is 656. The van der Waals surface area contributed by atoms with Crippen molar-refractivity contribution >= 4 is 27.2 Å². The average Bonchev–Trinajstić information content (AvgIpc) is 2.48. The Morgan fingerprint density at radius 2 is 1.39 bits per heavy atom. The van der Waals surface area contributed by atoms with Crippen LogP contribution in [0.2, 0.25) is 0 Å². The molecule has 1 nitrogen and oxygen atoms in total. The van der Waals surface area contributed by atoms with Crippen LogP contribution in [0.3, 0.4) is 0 Å². The van der Waals surface area contributed by atoms with E-state index < -0.39 is 0 Å². The molecular formula is C17H19N. The highest BCUT2D eigenvalue weighted by molar-refractivity contribution is 6.13. The maximum Gasteiger partial charge on any atom is 0.0423 e. The molecule has 0 aliphatic rings. The van der Waals surface area contributed by atoms with Crippen LogP contribution in [0.1, 0.15) is 13.8 Å². The van der Waals surface area contributed by atoms with E-state index in [-0.39, 0.29) is 0 Å². The highest BCUT2D eigenvalue weighted by Gasteiger charge is 2.03. The zero-order valence-corrected chi connectivity index (χ0v) is 11.2. The number of nitrogens with one attached hydrogen (secondary N) is 1. The van der Waals surface area contributed by atoms with E-state index in [1.54, 1.807) is 0 Å². The van der Waals surface area contributed by atoms with Crippen LogP contribution >= 0.6 is 0 Å². The summed E-state index contributed by atoms with van der Waals surface area (Å²) < 4.78 is 0. The molecule has 0 atom stereocenters. The predicted molar refractivity (Wildman–Crippen MR) is 82.3 cm³/mol. The Morgan fingerprint density at radius 3 is 2.17 bits per heavy atom. The first-order valence-electron chi connectivity index (χ1n) is 6.48. The fraction of sp³-hybridized carbons (Fsp3) is 0.176. The standard InChI is InChI=1S/C15H13N.C2H6/c1-16-14-8-4-6-12-10-9-11-5-2-3-7-13(11)15(12)14;1-2/h2-10,16H,1H3;1-2H3. The van der Waals surface area contributed by atoms with Gasteiger partial charge in [-0.2, -0.15) is 0 Å². The minimum absolute atomic E-state index is 1.19. The summed E-state index contributed by atoms with van der Waals surface area (Å²) in [5.74, 6) is 0. The van der Waals surface area contributed by atoms with Crippen molar-refractivity contribution in [2.75, 3.05) is 12.4 Å². The average molecular weight is 237 g/mol. The molecular weight excluding hydrogens is 218 g/mol. The molecule has 0 amide bonds. The molecule has 3 aromatic carbocycles. The fourth-order valence-electron chi connectivity index (χ4n) is 2.27. The maximum atomic E-state index is 3.26. The number of rotatable bonds is 1. The van der Waals surface area contributed by atoms with Gasteiger partial charge in [-0.05, 0) is 22.2 Å². The molecule has 3 rings (SSSR count). The summed E-state index contributed by atoms with van der Waals surface area (Å²) in [5.41, 5.74) is 1.19. The Hall–Kier alpha value is -2.02. The summed E-state index contributed by atoms with van der Waals surface area (Å²) in [7, 11) is 1.97. The Kier molecular flexibility index (Phi) is 3.83. The first kappa shape index (κ1) is 12.4. The second kappa shape index (κ2) is 5.54. The molecule has 0 heterocycles. The van der Waals surface area contributed by atoms with Crippen LogP contribution in [0.25, 0.3) is 21.5 Å². The summed E-state index contributed by atoms with van der Waals surface area (Å²) in [6.45, 7) is 4.00. The van der Waals surface area contributed by atoms with Gasteiger partial charge in [0.2, 0.25) is 0 Å².